The Morgan fingerprint density at radius 3 is 2.77 bits per heavy atom. The van der Waals surface area contributed by atoms with Gasteiger partial charge in [0.15, 0.2) is 5.16 Å². The monoisotopic (exact) mass is 482 g/mol. The van der Waals surface area contributed by atoms with Crippen LogP contribution in [0.5, 0.6) is 5.75 Å². The van der Waals surface area contributed by atoms with E-state index in [1.54, 1.807) is 6.07 Å². The fraction of sp³-hybridized carbons (Fsp3) is 0.286. The second kappa shape index (κ2) is 10.8. The molecule has 0 radical (unpaired) electrons. The molecule has 2 aromatic carbocycles. The van der Waals surface area contributed by atoms with Gasteiger partial charge in [0.1, 0.15) is 17.4 Å². The largest absolute Gasteiger partial charge is 0.493 e. The van der Waals surface area contributed by atoms with Gasteiger partial charge in [-0.25, -0.2) is 4.39 Å². The zero-order valence-electron chi connectivity index (χ0n) is 17.0. The summed E-state index contributed by atoms with van der Waals surface area (Å²) in [5.74, 6) is 0.981. The molecular formula is C21H21Cl2FN4O2S. The number of rotatable bonds is 9. The van der Waals surface area contributed by atoms with Gasteiger partial charge >= 0.3 is 0 Å². The number of ether oxygens (including phenoxy) is 1. The maximum Gasteiger partial charge on any atom is 0.234 e. The molecule has 0 bridgehead atoms. The summed E-state index contributed by atoms with van der Waals surface area (Å²) in [6.07, 6.45) is 1.46. The maximum absolute atomic E-state index is 13.2. The summed E-state index contributed by atoms with van der Waals surface area (Å²) >= 11 is 13.0. The van der Waals surface area contributed by atoms with Crippen LogP contribution in [-0.4, -0.2) is 33.0 Å². The normalized spacial score (nSPS) is 10.9. The molecule has 31 heavy (non-hydrogen) atoms. The van der Waals surface area contributed by atoms with E-state index in [1.165, 1.54) is 30.0 Å². The number of nitrogens with one attached hydrogen (secondary N) is 1. The van der Waals surface area contributed by atoms with Gasteiger partial charge in [-0.2, -0.15) is 0 Å². The second-order valence-electron chi connectivity index (χ2n) is 6.79. The average molecular weight is 483 g/mol. The van der Waals surface area contributed by atoms with Gasteiger partial charge in [-0.15, -0.1) is 10.2 Å². The Kier molecular flexibility index (Phi) is 8.17. The molecule has 10 heteroatoms. The lowest BCUT2D eigenvalue weighted by molar-refractivity contribution is -0.113. The van der Waals surface area contributed by atoms with Crippen LogP contribution < -0.4 is 10.1 Å². The zero-order chi connectivity index (χ0) is 22.4. The van der Waals surface area contributed by atoms with Crippen molar-refractivity contribution in [2.24, 2.45) is 7.05 Å². The number of benzene rings is 2. The van der Waals surface area contributed by atoms with Gasteiger partial charge in [0.05, 0.1) is 17.4 Å². The number of aryl methyl sites for hydroxylation is 2. The zero-order valence-corrected chi connectivity index (χ0v) is 19.3. The van der Waals surface area contributed by atoms with Crippen LogP contribution >= 0.6 is 35.0 Å². The third kappa shape index (κ3) is 6.59. The Hall–Kier alpha value is -2.29. The van der Waals surface area contributed by atoms with Gasteiger partial charge in [0.2, 0.25) is 5.91 Å². The van der Waals surface area contributed by atoms with E-state index in [4.69, 9.17) is 27.9 Å². The molecule has 164 valence electrons. The summed E-state index contributed by atoms with van der Waals surface area (Å²) in [6, 6.07) is 9.56. The minimum Gasteiger partial charge on any atom is -0.493 e. The molecule has 1 aromatic heterocycles. The van der Waals surface area contributed by atoms with Crippen molar-refractivity contribution >= 4 is 46.6 Å². The minimum atomic E-state index is -0.533. The van der Waals surface area contributed by atoms with Crippen molar-refractivity contribution in [2.75, 3.05) is 17.7 Å². The molecule has 3 rings (SSSR count). The van der Waals surface area contributed by atoms with Crippen molar-refractivity contribution in [3.8, 4) is 5.75 Å². The van der Waals surface area contributed by atoms with Gasteiger partial charge in [0, 0.05) is 24.2 Å². The van der Waals surface area contributed by atoms with Crippen molar-refractivity contribution in [3.63, 3.8) is 0 Å². The number of hydrogen-bond donors (Lipinski definition) is 1. The van der Waals surface area contributed by atoms with Crippen LogP contribution in [0.25, 0.3) is 0 Å². The summed E-state index contributed by atoms with van der Waals surface area (Å²) in [5.41, 5.74) is 1.43. The van der Waals surface area contributed by atoms with Gasteiger partial charge in [-0.05, 0) is 55.3 Å². The standard InChI is InChI=1S/C21H21Cl2FN4O2S/c1-13-10-14(22)5-8-18(13)30-9-3-4-19-26-27-21(28(19)2)31-12-20(29)25-15-6-7-17(24)16(23)11-15/h5-8,10-11H,3-4,9,12H2,1-2H3,(H,25,29). The summed E-state index contributed by atoms with van der Waals surface area (Å²) in [4.78, 5) is 12.1. The average Bonchev–Trinajstić information content (AvgIpc) is 3.07. The molecular weight excluding hydrogens is 462 g/mol. The van der Waals surface area contributed by atoms with E-state index in [1.807, 2.05) is 30.7 Å². The Morgan fingerprint density at radius 1 is 1.23 bits per heavy atom. The summed E-state index contributed by atoms with van der Waals surface area (Å²) in [5, 5.41) is 12.3. The van der Waals surface area contributed by atoms with Crippen molar-refractivity contribution < 1.29 is 13.9 Å². The number of anilines is 1. The molecule has 0 aliphatic carbocycles. The van der Waals surface area contributed by atoms with E-state index < -0.39 is 5.82 Å². The first kappa shape index (κ1) is 23.4. The Labute approximate surface area is 194 Å². The van der Waals surface area contributed by atoms with Gasteiger partial charge in [-0.1, -0.05) is 35.0 Å². The van der Waals surface area contributed by atoms with Crippen LogP contribution in [-0.2, 0) is 18.3 Å². The van der Waals surface area contributed by atoms with Gasteiger partial charge in [-0.3, -0.25) is 4.79 Å². The lowest BCUT2D eigenvalue weighted by Crippen LogP contribution is -2.14. The Morgan fingerprint density at radius 2 is 2.03 bits per heavy atom. The number of halogens is 3. The maximum atomic E-state index is 13.2. The third-order valence-electron chi connectivity index (χ3n) is 4.40. The van der Waals surface area contributed by atoms with E-state index in [9.17, 15) is 9.18 Å². The number of carbonyl (C=O) groups excluding carboxylic acids is 1. The predicted octanol–water partition coefficient (Wildman–Crippen LogP) is 5.31. The number of aromatic nitrogens is 3. The second-order valence-corrected chi connectivity index (χ2v) is 8.57. The SMILES string of the molecule is Cc1cc(Cl)ccc1OCCCc1nnc(SCC(=O)Nc2ccc(F)c(Cl)c2)n1C. The lowest BCUT2D eigenvalue weighted by Gasteiger charge is -2.09. The summed E-state index contributed by atoms with van der Waals surface area (Å²) in [6.45, 7) is 2.49. The molecule has 3 aromatic rings. The predicted molar refractivity (Wildman–Crippen MR) is 122 cm³/mol. The molecule has 0 atom stereocenters. The molecule has 0 saturated carbocycles. The molecule has 0 aliphatic rings. The lowest BCUT2D eigenvalue weighted by atomic mass is 10.2. The topological polar surface area (TPSA) is 69.0 Å². The molecule has 0 aliphatic heterocycles. The summed E-state index contributed by atoms with van der Waals surface area (Å²) in [7, 11) is 1.86. The number of hydrogen-bond acceptors (Lipinski definition) is 5. The van der Waals surface area contributed by atoms with Crippen LogP contribution in [0, 0.1) is 12.7 Å². The fourth-order valence-corrected chi connectivity index (χ4v) is 3.91. The van der Waals surface area contributed by atoms with E-state index in [-0.39, 0.29) is 16.7 Å². The molecule has 0 spiro atoms. The third-order valence-corrected chi connectivity index (χ3v) is 5.95. The number of amides is 1. The molecule has 0 unspecified atom stereocenters. The Bertz CT molecular complexity index is 1080. The highest BCUT2D eigenvalue weighted by molar-refractivity contribution is 7.99. The smallest absolute Gasteiger partial charge is 0.234 e. The first-order valence-electron chi connectivity index (χ1n) is 9.48. The molecule has 0 fully saturated rings. The highest BCUT2D eigenvalue weighted by atomic mass is 35.5. The van der Waals surface area contributed by atoms with E-state index in [2.05, 4.69) is 15.5 Å². The summed E-state index contributed by atoms with van der Waals surface area (Å²) < 4.78 is 20.9. The number of nitrogens with zero attached hydrogens (tertiary/aromatic N) is 3. The van der Waals surface area contributed by atoms with Crippen molar-refractivity contribution in [3.05, 3.63) is 63.6 Å². The highest BCUT2D eigenvalue weighted by Crippen LogP contribution is 2.23. The van der Waals surface area contributed by atoms with Crippen LogP contribution in [0.15, 0.2) is 41.6 Å². The number of carbonyl (C=O) groups is 1. The van der Waals surface area contributed by atoms with Crippen molar-refractivity contribution in [2.45, 2.75) is 24.9 Å². The van der Waals surface area contributed by atoms with E-state index in [0.29, 0.717) is 28.9 Å². The molecule has 1 N–H and O–H groups in total. The molecule has 0 saturated heterocycles. The van der Waals surface area contributed by atoms with Crippen LogP contribution in [0.1, 0.15) is 17.8 Å². The number of thioether (sulfide) groups is 1. The quantitative estimate of drug-likeness (QED) is 0.330. The van der Waals surface area contributed by atoms with Gasteiger partial charge < -0.3 is 14.6 Å². The minimum absolute atomic E-state index is 0.0430. The van der Waals surface area contributed by atoms with Crippen LogP contribution in [0.4, 0.5) is 10.1 Å². The highest BCUT2D eigenvalue weighted by Gasteiger charge is 2.12. The van der Waals surface area contributed by atoms with E-state index >= 15 is 0 Å². The molecule has 1 amide bonds. The first-order chi connectivity index (χ1) is 14.8. The fourth-order valence-electron chi connectivity index (χ4n) is 2.78. The molecule has 6 nitrogen and oxygen atoms in total. The first-order valence-corrected chi connectivity index (χ1v) is 11.2. The van der Waals surface area contributed by atoms with Crippen LogP contribution in [0.2, 0.25) is 10.0 Å². The van der Waals surface area contributed by atoms with Crippen molar-refractivity contribution in [1.29, 1.82) is 0 Å². The Balaban J connectivity index is 1.44. The van der Waals surface area contributed by atoms with E-state index in [0.717, 1.165) is 23.6 Å². The van der Waals surface area contributed by atoms with Gasteiger partial charge in [0.25, 0.3) is 0 Å². The molecule has 1 heterocycles. The van der Waals surface area contributed by atoms with Crippen LogP contribution in [0.3, 0.4) is 0 Å². The van der Waals surface area contributed by atoms with Crippen molar-refractivity contribution in [1.82, 2.24) is 14.8 Å².